The molecule has 2 rings (SSSR count). The Kier molecular flexibility index (Phi) is 3.14. The Morgan fingerprint density at radius 1 is 1.53 bits per heavy atom. The van der Waals surface area contributed by atoms with Gasteiger partial charge in [-0.3, -0.25) is 0 Å². The summed E-state index contributed by atoms with van der Waals surface area (Å²) in [5.41, 5.74) is 0.762. The Hall–Kier alpha value is -1.83. The topological polar surface area (TPSA) is 73.8 Å². The number of halogens is 2. The van der Waals surface area contributed by atoms with E-state index in [0.29, 0.717) is 11.0 Å². The molecule has 0 saturated heterocycles. The van der Waals surface area contributed by atoms with Gasteiger partial charge in [-0.1, -0.05) is 11.1 Å². The van der Waals surface area contributed by atoms with Gasteiger partial charge in [0.1, 0.15) is 5.82 Å². The number of rotatable bonds is 3. The van der Waals surface area contributed by atoms with Crippen molar-refractivity contribution in [3.05, 3.63) is 50.5 Å². The summed E-state index contributed by atoms with van der Waals surface area (Å²) in [7, 11) is 0. The molecule has 1 heterocycles. The van der Waals surface area contributed by atoms with Gasteiger partial charge in [0.2, 0.25) is 6.33 Å². The van der Waals surface area contributed by atoms with Gasteiger partial charge in [-0.25, -0.2) is 4.39 Å². The van der Waals surface area contributed by atoms with E-state index in [2.05, 4.69) is 26.0 Å². The predicted molar refractivity (Wildman–Crippen MR) is 59.9 cm³/mol. The second-order valence-corrected chi connectivity index (χ2v) is 4.10. The molecule has 8 heteroatoms. The average molecular weight is 301 g/mol. The average Bonchev–Trinajstić information content (AvgIpc) is 2.72. The van der Waals surface area contributed by atoms with Crippen molar-refractivity contribution in [2.24, 2.45) is 0 Å². The summed E-state index contributed by atoms with van der Waals surface area (Å²) < 4.78 is 14.6. The molecule has 0 amide bonds. The maximum Gasteiger partial charge on any atom is 0.490 e. The van der Waals surface area contributed by atoms with Gasteiger partial charge in [-0.15, -0.1) is 0 Å². The lowest BCUT2D eigenvalue weighted by atomic mass is 10.2. The summed E-state index contributed by atoms with van der Waals surface area (Å²) >= 11 is 3.06. The van der Waals surface area contributed by atoms with Crippen molar-refractivity contribution in [2.45, 2.75) is 6.54 Å². The fourth-order valence-corrected chi connectivity index (χ4v) is 1.70. The molecule has 0 aliphatic heterocycles. The van der Waals surface area contributed by atoms with E-state index in [-0.39, 0.29) is 5.82 Å². The molecule has 1 aromatic carbocycles. The summed E-state index contributed by atoms with van der Waals surface area (Å²) in [6.07, 6.45) is 1.26. The SMILES string of the molecule is O=[N+]([O-])c1ncn(Cc2ccc(F)c(Br)c2)n1. The van der Waals surface area contributed by atoms with Crippen LogP contribution in [0.5, 0.6) is 0 Å². The zero-order valence-electron chi connectivity index (χ0n) is 8.38. The fraction of sp³-hybridized carbons (Fsp3) is 0.111. The fourth-order valence-electron chi connectivity index (χ4n) is 1.27. The van der Waals surface area contributed by atoms with Crippen molar-refractivity contribution >= 4 is 21.9 Å². The van der Waals surface area contributed by atoms with E-state index in [1.54, 1.807) is 12.1 Å². The van der Waals surface area contributed by atoms with E-state index in [1.165, 1.54) is 17.1 Å². The summed E-state index contributed by atoms with van der Waals surface area (Å²) in [5.74, 6) is -0.815. The maximum absolute atomic E-state index is 13.0. The lowest BCUT2D eigenvalue weighted by Gasteiger charge is -2.00. The molecule has 88 valence electrons. The smallest absolute Gasteiger partial charge is 0.390 e. The van der Waals surface area contributed by atoms with Crippen molar-refractivity contribution in [2.75, 3.05) is 0 Å². The Morgan fingerprint density at radius 2 is 2.29 bits per heavy atom. The first-order valence-electron chi connectivity index (χ1n) is 4.54. The molecule has 0 radical (unpaired) electrons. The van der Waals surface area contributed by atoms with Crippen molar-refractivity contribution in [3.63, 3.8) is 0 Å². The van der Waals surface area contributed by atoms with Crippen LogP contribution in [-0.2, 0) is 6.54 Å². The van der Waals surface area contributed by atoms with Crippen LogP contribution >= 0.6 is 15.9 Å². The van der Waals surface area contributed by atoms with Crippen molar-refractivity contribution in [1.82, 2.24) is 14.8 Å². The van der Waals surface area contributed by atoms with Crippen LogP contribution in [0, 0.1) is 15.9 Å². The highest BCUT2D eigenvalue weighted by Crippen LogP contribution is 2.17. The van der Waals surface area contributed by atoms with Crippen LogP contribution in [-0.4, -0.2) is 19.7 Å². The van der Waals surface area contributed by atoms with Crippen molar-refractivity contribution in [1.29, 1.82) is 0 Å². The second kappa shape index (κ2) is 4.58. The lowest BCUT2D eigenvalue weighted by molar-refractivity contribution is -0.394. The largest absolute Gasteiger partial charge is 0.490 e. The van der Waals surface area contributed by atoms with E-state index < -0.39 is 10.9 Å². The highest BCUT2D eigenvalue weighted by Gasteiger charge is 2.13. The van der Waals surface area contributed by atoms with Crippen LogP contribution in [0.25, 0.3) is 0 Å². The van der Waals surface area contributed by atoms with Gasteiger partial charge in [0, 0.05) is 5.10 Å². The normalized spacial score (nSPS) is 10.5. The zero-order chi connectivity index (χ0) is 12.4. The number of nitro groups is 1. The minimum Gasteiger partial charge on any atom is -0.390 e. The molecule has 0 saturated carbocycles. The van der Waals surface area contributed by atoms with Gasteiger partial charge in [0.15, 0.2) is 0 Å². The van der Waals surface area contributed by atoms with Gasteiger partial charge in [0.25, 0.3) is 0 Å². The van der Waals surface area contributed by atoms with Gasteiger partial charge in [-0.2, -0.15) is 4.68 Å². The molecule has 0 N–H and O–H groups in total. The first-order valence-corrected chi connectivity index (χ1v) is 5.33. The number of benzene rings is 1. The Morgan fingerprint density at radius 3 is 2.88 bits per heavy atom. The zero-order valence-corrected chi connectivity index (χ0v) is 9.96. The van der Waals surface area contributed by atoms with Crippen LogP contribution < -0.4 is 0 Å². The van der Waals surface area contributed by atoms with Gasteiger partial charge in [-0.05, 0) is 38.5 Å². The Bertz CT molecular complexity index is 572. The molecule has 1 aromatic heterocycles. The molecule has 0 aliphatic rings. The monoisotopic (exact) mass is 300 g/mol. The molecular formula is C9H6BrFN4O2. The van der Waals surface area contributed by atoms with E-state index in [9.17, 15) is 14.5 Å². The van der Waals surface area contributed by atoms with Crippen molar-refractivity contribution < 1.29 is 9.31 Å². The van der Waals surface area contributed by atoms with Crippen LogP contribution in [0.3, 0.4) is 0 Å². The molecule has 2 aromatic rings. The molecule has 0 bridgehead atoms. The number of aromatic nitrogens is 3. The van der Waals surface area contributed by atoms with Gasteiger partial charge >= 0.3 is 5.95 Å². The minimum atomic E-state index is -0.670. The first kappa shape index (κ1) is 11.6. The van der Waals surface area contributed by atoms with Gasteiger partial charge in [0.05, 0.1) is 11.0 Å². The van der Waals surface area contributed by atoms with Crippen LogP contribution in [0.4, 0.5) is 10.3 Å². The highest BCUT2D eigenvalue weighted by atomic mass is 79.9. The van der Waals surface area contributed by atoms with E-state index in [4.69, 9.17) is 0 Å². The molecule has 0 aliphatic carbocycles. The third kappa shape index (κ3) is 2.64. The van der Waals surface area contributed by atoms with Crippen LogP contribution in [0.1, 0.15) is 5.56 Å². The van der Waals surface area contributed by atoms with Crippen LogP contribution in [0.15, 0.2) is 29.0 Å². The number of hydrogen-bond donors (Lipinski definition) is 0. The summed E-state index contributed by atoms with van der Waals surface area (Å²) in [4.78, 5) is 13.2. The summed E-state index contributed by atoms with van der Waals surface area (Å²) in [6.45, 7) is 0.291. The number of hydrogen-bond acceptors (Lipinski definition) is 4. The van der Waals surface area contributed by atoms with E-state index >= 15 is 0 Å². The van der Waals surface area contributed by atoms with E-state index in [1.807, 2.05) is 0 Å². The minimum absolute atomic E-state index is 0.291. The third-order valence-electron chi connectivity index (χ3n) is 2.02. The van der Waals surface area contributed by atoms with Crippen LogP contribution in [0.2, 0.25) is 0 Å². The molecule has 0 atom stereocenters. The Balaban J connectivity index is 2.19. The first-order chi connectivity index (χ1) is 8.06. The number of nitrogens with zero attached hydrogens (tertiary/aromatic N) is 4. The van der Waals surface area contributed by atoms with Gasteiger partial charge < -0.3 is 10.1 Å². The van der Waals surface area contributed by atoms with E-state index in [0.717, 1.165) is 5.56 Å². The summed E-state index contributed by atoms with van der Waals surface area (Å²) in [5, 5.41) is 14.0. The maximum atomic E-state index is 13.0. The third-order valence-corrected chi connectivity index (χ3v) is 2.62. The molecule has 0 spiro atoms. The second-order valence-electron chi connectivity index (χ2n) is 3.25. The quantitative estimate of drug-likeness (QED) is 0.643. The standard InChI is InChI=1S/C9H6BrFN4O2/c10-7-3-6(1-2-8(7)11)4-14-5-12-9(13-14)15(16)17/h1-3,5H,4H2. The molecule has 0 fully saturated rings. The molecule has 0 unspecified atom stereocenters. The molecule has 17 heavy (non-hydrogen) atoms. The Labute approximate surface area is 103 Å². The lowest BCUT2D eigenvalue weighted by Crippen LogP contribution is -2.01. The predicted octanol–water partition coefficient (Wildman–Crippen LogP) is 2.14. The molecule has 6 nitrogen and oxygen atoms in total. The highest BCUT2D eigenvalue weighted by molar-refractivity contribution is 9.10. The van der Waals surface area contributed by atoms with Crippen molar-refractivity contribution in [3.8, 4) is 0 Å². The summed E-state index contributed by atoms with van der Waals surface area (Å²) in [6, 6.07) is 4.47. The molecular weight excluding hydrogens is 295 g/mol.